The number of ether oxygens (including phenoxy) is 2. The second kappa shape index (κ2) is 11.5. The lowest BCUT2D eigenvalue weighted by Gasteiger charge is -2.17. The summed E-state index contributed by atoms with van der Waals surface area (Å²) < 4.78 is 41.9. The minimum absolute atomic E-state index is 0. The van der Waals surface area contributed by atoms with Crippen LogP contribution in [0.2, 0.25) is 0 Å². The first-order valence-corrected chi connectivity index (χ1v) is 9.01. The first-order chi connectivity index (χ1) is 12.0. The van der Waals surface area contributed by atoms with Crippen LogP contribution in [0.1, 0.15) is 33.3 Å². The Balaban J connectivity index is 0. The standard InChI is InChI=1S/C16H21NO8S.CH4.FH/c1-9-5-6-12(14(7-9)26(21,22)23)17-15(19)8-13(10(2)18)25-16(20)11(3)24-4;;/h5-7,11,13H,8H2,1-4H3,(H,17,19)(H,21,22,23);1H4;1H. The van der Waals surface area contributed by atoms with Crippen LogP contribution in [0.5, 0.6) is 0 Å². The van der Waals surface area contributed by atoms with Crippen LogP contribution in [0.15, 0.2) is 23.1 Å². The summed E-state index contributed by atoms with van der Waals surface area (Å²) in [5.41, 5.74) is 0.404. The maximum Gasteiger partial charge on any atom is 0.335 e. The van der Waals surface area contributed by atoms with E-state index in [0.717, 1.165) is 6.92 Å². The van der Waals surface area contributed by atoms with E-state index in [4.69, 9.17) is 9.47 Å². The first-order valence-electron chi connectivity index (χ1n) is 7.57. The molecule has 1 rings (SSSR count). The number of carbonyl (C=O) groups is 3. The van der Waals surface area contributed by atoms with Crippen molar-refractivity contribution in [1.82, 2.24) is 0 Å². The summed E-state index contributed by atoms with van der Waals surface area (Å²) >= 11 is 0. The van der Waals surface area contributed by atoms with Gasteiger partial charge in [0.1, 0.15) is 4.90 Å². The van der Waals surface area contributed by atoms with Gasteiger partial charge in [-0.2, -0.15) is 8.42 Å². The number of aryl methyl sites for hydroxylation is 1. The number of hydrogen-bond donors (Lipinski definition) is 2. The van der Waals surface area contributed by atoms with Crippen molar-refractivity contribution in [2.75, 3.05) is 12.4 Å². The number of halogens is 1. The summed E-state index contributed by atoms with van der Waals surface area (Å²) in [5.74, 6) is -2.14. The molecule has 2 atom stereocenters. The number of methoxy groups -OCH3 is 1. The average molecular weight is 423 g/mol. The molecule has 160 valence electrons. The van der Waals surface area contributed by atoms with Gasteiger partial charge in [-0.15, -0.1) is 0 Å². The van der Waals surface area contributed by atoms with E-state index in [-0.39, 0.29) is 17.8 Å². The van der Waals surface area contributed by atoms with Crippen molar-refractivity contribution in [1.29, 1.82) is 0 Å². The van der Waals surface area contributed by atoms with Gasteiger partial charge in [-0.25, -0.2) is 4.79 Å². The Morgan fingerprint density at radius 2 is 1.82 bits per heavy atom. The number of hydrogen-bond acceptors (Lipinski definition) is 7. The predicted octanol–water partition coefficient (Wildman–Crippen LogP) is 1.89. The van der Waals surface area contributed by atoms with Crippen molar-refractivity contribution in [3.63, 3.8) is 0 Å². The third-order valence-electron chi connectivity index (χ3n) is 3.46. The van der Waals surface area contributed by atoms with E-state index in [1.807, 2.05) is 0 Å². The molecule has 11 heteroatoms. The van der Waals surface area contributed by atoms with Crippen LogP contribution < -0.4 is 5.32 Å². The molecule has 0 aliphatic carbocycles. The van der Waals surface area contributed by atoms with Crippen LogP contribution in [0.3, 0.4) is 0 Å². The van der Waals surface area contributed by atoms with Gasteiger partial charge in [0.25, 0.3) is 10.1 Å². The lowest BCUT2D eigenvalue weighted by Crippen LogP contribution is -2.34. The Bertz CT molecular complexity index is 809. The first kappa shape index (κ1) is 27.8. The smallest absolute Gasteiger partial charge is 0.335 e. The van der Waals surface area contributed by atoms with Crippen molar-refractivity contribution in [3.8, 4) is 0 Å². The predicted molar refractivity (Wildman–Crippen MR) is 101 cm³/mol. The molecule has 9 nitrogen and oxygen atoms in total. The quantitative estimate of drug-likeness (QED) is 0.478. The van der Waals surface area contributed by atoms with Gasteiger partial charge < -0.3 is 14.8 Å². The van der Waals surface area contributed by atoms with E-state index in [0.29, 0.717) is 5.56 Å². The molecule has 0 heterocycles. The fourth-order valence-corrected chi connectivity index (χ4v) is 2.65. The summed E-state index contributed by atoms with van der Waals surface area (Å²) in [6.45, 7) is 4.19. The number of benzene rings is 1. The van der Waals surface area contributed by atoms with Crippen molar-refractivity contribution < 1.29 is 41.5 Å². The third-order valence-corrected chi connectivity index (χ3v) is 4.35. The highest BCUT2D eigenvalue weighted by molar-refractivity contribution is 7.86. The number of ketones is 1. The number of esters is 1. The highest BCUT2D eigenvalue weighted by Gasteiger charge is 2.26. The number of nitrogens with one attached hydrogen (secondary N) is 1. The van der Waals surface area contributed by atoms with E-state index in [9.17, 15) is 27.4 Å². The second-order valence-corrected chi connectivity index (χ2v) is 7.03. The highest BCUT2D eigenvalue weighted by Crippen LogP contribution is 2.23. The minimum atomic E-state index is -4.56. The molecule has 0 bridgehead atoms. The Labute approximate surface area is 163 Å². The van der Waals surface area contributed by atoms with E-state index in [1.165, 1.54) is 32.2 Å². The normalized spacial score (nSPS) is 12.6. The fraction of sp³-hybridized carbons (Fsp3) is 0.471. The van der Waals surface area contributed by atoms with Crippen molar-refractivity contribution in [2.24, 2.45) is 0 Å². The number of amides is 1. The molecule has 0 spiro atoms. The summed E-state index contributed by atoms with van der Waals surface area (Å²) in [6, 6.07) is 4.03. The van der Waals surface area contributed by atoms with E-state index in [2.05, 4.69) is 5.32 Å². The highest BCUT2D eigenvalue weighted by atomic mass is 32.2. The van der Waals surface area contributed by atoms with Crippen LogP contribution in [-0.4, -0.2) is 49.9 Å². The summed E-state index contributed by atoms with van der Waals surface area (Å²) in [7, 11) is -3.28. The molecule has 1 aromatic rings. The number of rotatable bonds is 8. The van der Waals surface area contributed by atoms with Crippen molar-refractivity contribution in [2.45, 2.75) is 51.7 Å². The van der Waals surface area contributed by atoms with Gasteiger partial charge in [0, 0.05) is 7.11 Å². The van der Waals surface area contributed by atoms with E-state index >= 15 is 0 Å². The zero-order valence-corrected chi connectivity index (χ0v) is 16.0. The monoisotopic (exact) mass is 423 g/mol. The average Bonchev–Trinajstić information content (AvgIpc) is 2.53. The topological polar surface area (TPSA) is 136 Å². The lowest BCUT2D eigenvalue weighted by molar-refractivity contribution is -0.164. The molecular formula is C17H26FNO8S. The zero-order valence-electron chi connectivity index (χ0n) is 15.2. The van der Waals surface area contributed by atoms with Gasteiger partial charge in [-0.1, -0.05) is 13.5 Å². The van der Waals surface area contributed by atoms with Crippen LogP contribution in [-0.2, 0) is 34.0 Å². The molecule has 0 aromatic heterocycles. The molecule has 2 N–H and O–H groups in total. The number of carbonyl (C=O) groups excluding carboxylic acids is 3. The van der Waals surface area contributed by atoms with Crippen molar-refractivity contribution in [3.05, 3.63) is 23.8 Å². The Morgan fingerprint density at radius 3 is 2.29 bits per heavy atom. The molecule has 2 unspecified atom stereocenters. The molecular weight excluding hydrogens is 397 g/mol. The fourth-order valence-electron chi connectivity index (χ4n) is 1.92. The van der Waals surface area contributed by atoms with E-state index < -0.39 is 51.3 Å². The summed E-state index contributed by atoms with van der Waals surface area (Å²) in [6.07, 6.45) is -2.78. The van der Waals surface area contributed by atoms with Gasteiger partial charge in [0.05, 0.1) is 12.1 Å². The van der Waals surface area contributed by atoms with Gasteiger partial charge in [0.2, 0.25) is 5.91 Å². The minimum Gasteiger partial charge on any atom is -0.452 e. The second-order valence-electron chi connectivity index (χ2n) is 5.64. The lowest BCUT2D eigenvalue weighted by atomic mass is 10.1. The largest absolute Gasteiger partial charge is 0.452 e. The van der Waals surface area contributed by atoms with Gasteiger partial charge >= 0.3 is 5.97 Å². The molecule has 0 fully saturated rings. The van der Waals surface area contributed by atoms with E-state index in [1.54, 1.807) is 6.92 Å². The molecule has 0 saturated heterocycles. The molecule has 1 amide bonds. The van der Waals surface area contributed by atoms with Gasteiger partial charge in [-0.05, 0) is 38.5 Å². The Hall–Kier alpha value is -2.37. The van der Waals surface area contributed by atoms with Crippen LogP contribution >= 0.6 is 0 Å². The van der Waals surface area contributed by atoms with Crippen LogP contribution in [0, 0.1) is 6.92 Å². The molecule has 0 radical (unpaired) electrons. The van der Waals surface area contributed by atoms with Crippen LogP contribution in [0.25, 0.3) is 0 Å². The SMILES string of the molecule is C.COC(C)C(=O)OC(CC(=O)Nc1ccc(C)cc1S(=O)(=O)O)C(C)=O.F. The number of Topliss-reactive ketones (excluding diaryl/α,β-unsaturated/α-hetero) is 1. The third kappa shape index (κ3) is 8.11. The molecule has 0 saturated carbocycles. The van der Waals surface area contributed by atoms with Crippen molar-refractivity contribution >= 4 is 33.5 Å². The molecule has 1 aromatic carbocycles. The summed E-state index contributed by atoms with van der Waals surface area (Å²) in [4.78, 5) is 35.0. The Morgan fingerprint density at radius 1 is 1.25 bits per heavy atom. The molecule has 0 aliphatic heterocycles. The maximum absolute atomic E-state index is 12.1. The maximum atomic E-state index is 12.1. The zero-order chi connectivity index (χ0) is 20.1. The molecule has 0 aliphatic rings. The number of anilines is 1. The van der Waals surface area contributed by atoms with Gasteiger partial charge in [-0.3, -0.25) is 18.8 Å². The Kier molecular flexibility index (Phi) is 11.4. The van der Waals surface area contributed by atoms with Gasteiger partial charge in [0.15, 0.2) is 18.0 Å². The summed E-state index contributed by atoms with van der Waals surface area (Å²) in [5, 5.41) is 2.29. The molecule has 28 heavy (non-hydrogen) atoms. The van der Waals surface area contributed by atoms with Crippen LogP contribution in [0.4, 0.5) is 10.4 Å².